The quantitative estimate of drug-likeness (QED) is 0.391. The fourth-order valence-corrected chi connectivity index (χ4v) is 7.54. The number of sulfonamides is 1. The molecule has 39 heavy (non-hydrogen) atoms. The molecular weight excluding hydrogens is 516 g/mol. The van der Waals surface area contributed by atoms with Crippen molar-refractivity contribution in [1.82, 2.24) is 29.1 Å². The largest absolute Gasteiger partial charge is 0.478 e. The Morgan fingerprint density at radius 2 is 1.97 bits per heavy atom. The van der Waals surface area contributed by atoms with Crippen LogP contribution < -0.4 is 0 Å². The molecule has 3 heterocycles. The lowest BCUT2D eigenvalue weighted by Crippen LogP contribution is -2.32. The van der Waals surface area contributed by atoms with Crippen LogP contribution in [0.1, 0.15) is 63.6 Å². The van der Waals surface area contributed by atoms with Crippen molar-refractivity contribution in [3.05, 3.63) is 88.5 Å². The maximum absolute atomic E-state index is 13.7. The second-order valence-electron chi connectivity index (χ2n) is 10.8. The molecule has 1 aliphatic carbocycles. The SMILES string of the molecule is Cc1ccc2c(c1)S(=O)(=O)N(Cc1cccc(-n3ncc(C(=O)O)c3[C@@H]3C[C@H]3c3cn(C)nn3)c1)C[C@@H](C)C2. The van der Waals surface area contributed by atoms with Gasteiger partial charge in [0.1, 0.15) is 5.56 Å². The third kappa shape index (κ3) is 4.65. The van der Waals surface area contributed by atoms with Crippen molar-refractivity contribution in [1.29, 1.82) is 0 Å². The van der Waals surface area contributed by atoms with Crippen molar-refractivity contribution in [2.75, 3.05) is 6.54 Å². The number of hydrogen-bond acceptors (Lipinski definition) is 6. The van der Waals surface area contributed by atoms with Gasteiger partial charge in [0.05, 0.1) is 28.2 Å². The van der Waals surface area contributed by atoms with E-state index >= 15 is 0 Å². The van der Waals surface area contributed by atoms with Crippen LogP contribution in [0.5, 0.6) is 0 Å². The minimum atomic E-state index is -3.69. The Balaban J connectivity index is 1.33. The third-order valence-electron chi connectivity index (χ3n) is 7.62. The molecule has 0 spiro atoms. The minimum absolute atomic E-state index is 0.0504. The van der Waals surface area contributed by atoms with E-state index in [0.29, 0.717) is 29.2 Å². The second kappa shape index (κ2) is 9.42. The minimum Gasteiger partial charge on any atom is -0.478 e. The van der Waals surface area contributed by atoms with Crippen LogP contribution in [0.3, 0.4) is 0 Å². The van der Waals surface area contributed by atoms with Crippen LogP contribution in [0.25, 0.3) is 5.69 Å². The van der Waals surface area contributed by atoms with Crippen molar-refractivity contribution >= 4 is 16.0 Å². The van der Waals surface area contributed by atoms with E-state index in [0.717, 1.165) is 28.8 Å². The fourth-order valence-electron chi connectivity index (χ4n) is 5.68. The highest BCUT2D eigenvalue weighted by atomic mass is 32.2. The molecule has 1 aliphatic heterocycles. The predicted molar refractivity (Wildman–Crippen MR) is 143 cm³/mol. The molecule has 202 valence electrons. The molecular formula is C28H30N6O4S. The molecule has 2 aromatic heterocycles. The van der Waals surface area contributed by atoms with Crippen molar-refractivity contribution in [3.63, 3.8) is 0 Å². The van der Waals surface area contributed by atoms with Gasteiger partial charge in [0.15, 0.2) is 0 Å². The van der Waals surface area contributed by atoms with Gasteiger partial charge in [-0.1, -0.05) is 36.4 Å². The number of nitrogens with zero attached hydrogens (tertiary/aromatic N) is 6. The summed E-state index contributed by atoms with van der Waals surface area (Å²) in [4.78, 5) is 12.5. The summed E-state index contributed by atoms with van der Waals surface area (Å²) in [5, 5.41) is 22.6. The van der Waals surface area contributed by atoms with Gasteiger partial charge in [0.25, 0.3) is 0 Å². The first-order valence-corrected chi connectivity index (χ1v) is 14.4. The van der Waals surface area contributed by atoms with E-state index < -0.39 is 16.0 Å². The normalized spacial score (nSPS) is 22.3. The highest BCUT2D eigenvalue weighted by Crippen LogP contribution is 2.55. The van der Waals surface area contributed by atoms with E-state index in [1.54, 1.807) is 26.8 Å². The molecule has 0 radical (unpaired) electrons. The first-order chi connectivity index (χ1) is 18.6. The molecule has 2 aliphatic rings. The van der Waals surface area contributed by atoms with Crippen LogP contribution in [0.15, 0.2) is 59.8 Å². The lowest BCUT2D eigenvalue weighted by molar-refractivity contribution is 0.0695. The van der Waals surface area contributed by atoms with E-state index in [1.165, 1.54) is 6.20 Å². The number of rotatable bonds is 6. The Morgan fingerprint density at radius 3 is 2.72 bits per heavy atom. The molecule has 2 aromatic carbocycles. The van der Waals surface area contributed by atoms with Crippen LogP contribution in [0.4, 0.5) is 0 Å². The zero-order valence-electron chi connectivity index (χ0n) is 22.0. The Kier molecular flexibility index (Phi) is 6.15. The number of aryl methyl sites for hydroxylation is 2. The van der Waals surface area contributed by atoms with Gasteiger partial charge in [0, 0.05) is 38.2 Å². The predicted octanol–water partition coefficient (Wildman–Crippen LogP) is 3.66. The summed E-state index contributed by atoms with van der Waals surface area (Å²) < 4.78 is 32.3. The molecule has 6 rings (SSSR count). The summed E-state index contributed by atoms with van der Waals surface area (Å²) in [5.74, 6) is -0.848. The zero-order valence-corrected chi connectivity index (χ0v) is 22.8. The Bertz CT molecular complexity index is 1690. The molecule has 1 N–H and O–H groups in total. The number of aromatic nitrogens is 5. The number of aromatic carboxylic acids is 1. The molecule has 11 heteroatoms. The van der Waals surface area contributed by atoms with E-state index in [4.69, 9.17) is 0 Å². The summed E-state index contributed by atoms with van der Waals surface area (Å²) >= 11 is 0. The van der Waals surface area contributed by atoms with Gasteiger partial charge in [-0.2, -0.15) is 9.40 Å². The van der Waals surface area contributed by atoms with Crippen LogP contribution in [-0.4, -0.2) is 55.1 Å². The standard InChI is InChI=1S/C28H30N6O4S/c1-17-7-8-20-9-18(2)14-33(39(37,38)26(20)10-17)15-19-5-4-6-21(11-19)34-27(24(13-29-34)28(35)36)23-12-22(23)25-16-32(3)31-30-25/h4-8,10-11,13,16,18,22-23H,9,12,14-15H2,1-3H3,(H,35,36)/t18-,22+,23+/m0/s1. The van der Waals surface area contributed by atoms with Crippen LogP contribution >= 0.6 is 0 Å². The monoisotopic (exact) mass is 546 g/mol. The van der Waals surface area contributed by atoms with E-state index in [-0.39, 0.29) is 29.9 Å². The molecule has 1 saturated carbocycles. The summed E-state index contributed by atoms with van der Waals surface area (Å²) in [6, 6.07) is 13.2. The molecule has 0 bridgehead atoms. The fraction of sp³-hybridized carbons (Fsp3) is 0.357. The Morgan fingerprint density at radius 1 is 1.15 bits per heavy atom. The van der Waals surface area contributed by atoms with Crippen molar-refractivity contribution < 1.29 is 18.3 Å². The van der Waals surface area contributed by atoms with Crippen molar-refractivity contribution in [2.45, 2.75) is 50.0 Å². The zero-order chi connectivity index (χ0) is 27.5. The maximum atomic E-state index is 13.7. The highest BCUT2D eigenvalue weighted by molar-refractivity contribution is 7.89. The van der Waals surface area contributed by atoms with Gasteiger partial charge in [-0.25, -0.2) is 17.9 Å². The second-order valence-corrected chi connectivity index (χ2v) is 12.7. The van der Waals surface area contributed by atoms with Crippen LogP contribution in [-0.2, 0) is 30.0 Å². The number of carboxylic acids is 1. The molecule has 10 nitrogen and oxygen atoms in total. The van der Waals surface area contributed by atoms with E-state index in [2.05, 4.69) is 22.3 Å². The summed E-state index contributed by atoms with van der Waals surface area (Å²) in [6.07, 6.45) is 4.70. The maximum Gasteiger partial charge on any atom is 0.339 e. The number of carbonyl (C=O) groups is 1. The van der Waals surface area contributed by atoms with Crippen molar-refractivity contribution in [2.24, 2.45) is 13.0 Å². The summed E-state index contributed by atoms with van der Waals surface area (Å²) in [7, 11) is -1.88. The van der Waals surface area contributed by atoms with Gasteiger partial charge < -0.3 is 5.11 Å². The molecule has 0 amide bonds. The average Bonchev–Trinajstić information content (AvgIpc) is 3.36. The number of carboxylic acid groups (broad SMARTS) is 1. The topological polar surface area (TPSA) is 123 Å². The van der Waals surface area contributed by atoms with Crippen molar-refractivity contribution in [3.8, 4) is 5.69 Å². The lowest BCUT2D eigenvalue weighted by Gasteiger charge is -2.23. The summed E-state index contributed by atoms with van der Waals surface area (Å²) in [6.45, 7) is 4.60. The number of fused-ring (bicyclic) bond motifs is 1. The summed E-state index contributed by atoms with van der Waals surface area (Å²) in [5.41, 5.74) is 4.87. The molecule has 0 unspecified atom stereocenters. The van der Waals surface area contributed by atoms with E-state index in [9.17, 15) is 18.3 Å². The van der Waals surface area contributed by atoms with Gasteiger partial charge in [0.2, 0.25) is 10.0 Å². The molecule has 4 aromatic rings. The first-order valence-electron chi connectivity index (χ1n) is 13.0. The van der Waals surface area contributed by atoms with Crippen LogP contribution in [0.2, 0.25) is 0 Å². The highest BCUT2D eigenvalue weighted by Gasteiger charge is 2.46. The first kappa shape index (κ1) is 25.4. The Labute approximate surface area is 226 Å². The third-order valence-corrected chi connectivity index (χ3v) is 9.51. The average molecular weight is 547 g/mol. The van der Waals surface area contributed by atoms with Gasteiger partial charge in [-0.15, -0.1) is 5.10 Å². The smallest absolute Gasteiger partial charge is 0.339 e. The van der Waals surface area contributed by atoms with Gasteiger partial charge >= 0.3 is 5.97 Å². The Hall–Kier alpha value is -3.83. The van der Waals surface area contributed by atoms with Crippen LogP contribution in [0, 0.1) is 12.8 Å². The molecule has 1 fully saturated rings. The molecule has 0 saturated heterocycles. The number of benzene rings is 2. The van der Waals surface area contributed by atoms with Gasteiger partial charge in [-0.3, -0.25) is 4.68 Å². The van der Waals surface area contributed by atoms with E-state index in [1.807, 2.05) is 49.5 Å². The number of hydrogen-bond donors (Lipinski definition) is 1. The lowest BCUT2D eigenvalue weighted by atomic mass is 10.00. The molecule has 3 atom stereocenters. The van der Waals surface area contributed by atoms with Gasteiger partial charge in [-0.05, 0) is 60.6 Å².